The van der Waals surface area contributed by atoms with Gasteiger partial charge in [0.2, 0.25) is 0 Å². The maximum atomic E-state index is 12.1. The Bertz CT molecular complexity index is 1450. The number of aromatic nitrogens is 4. The summed E-state index contributed by atoms with van der Waals surface area (Å²) in [6.07, 6.45) is 0. The Balaban J connectivity index is 1.66. The van der Waals surface area contributed by atoms with E-state index in [0.717, 1.165) is 22.4 Å². The molecule has 0 unspecified atom stereocenters. The number of benzene rings is 2. The SMILES string of the molecule is Cc1nc(-c2ccc(-c3ccccc3)cc2)nc2sc3c(=O)[nH]c(=O)[nH]c3c12. The molecule has 2 N–H and O–H groups in total. The Labute approximate surface area is 162 Å². The zero-order chi connectivity index (χ0) is 19.3. The molecular formula is C21H14N4O2S. The first-order chi connectivity index (χ1) is 13.6. The third-order valence-corrected chi connectivity index (χ3v) is 5.74. The second-order valence-electron chi connectivity index (χ2n) is 6.47. The van der Waals surface area contributed by atoms with Crippen LogP contribution in [-0.4, -0.2) is 19.9 Å². The minimum atomic E-state index is -0.530. The van der Waals surface area contributed by atoms with Crippen LogP contribution in [0.2, 0.25) is 0 Å². The average Bonchev–Trinajstić information content (AvgIpc) is 3.08. The topological polar surface area (TPSA) is 91.5 Å². The van der Waals surface area contributed by atoms with E-state index in [0.29, 0.717) is 26.3 Å². The molecule has 0 aliphatic rings. The molecule has 6 nitrogen and oxygen atoms in total. The molecule has 136 valence electrons. The number of rotatable bonds is 2. The Morgan fingerprint density at radius 2 is 1.50 bits per heavy atom. The second kappa shape index (κ2) is 6.24. The zero-order valence-corrected chi connectivity index (χ0v) is 15.6. The predicted molar refractivity (Wildman–Crippen MR) is 112 cm³/mol. The van der Waals surface area contributed by atoms with Crippen LogP contribution in [0.1, 0.15) is 5.69 Å². The van der Waals surface area contributed by atoms with Gasteiger partial charge in [0.25, 0.3) is 5.56 Å². The lowest BCUT2D eigenvalue weighted by Crippen LogP contribution is -2.20. The van der Waals surface area contributed by atoms with Crippen molar-refractivity contribution >= 4 is 31.8 Å². The van der Waals surface area contributed by atoms with Crippen LogP contribution < -0.4 is 11.2 Å². The lowest BCUT2D eigenvalue weighted by molar-refractivity contribution is 1.09. The molecule has 0 atom stereocenters. The van der Waals surface area contributed by atoms with E-state index in [-0.39, 0.29) is 0 Å². The van der Waals surface area contributed by atoms with Gasteiger partial charge in [-0.05, 0) is 18.1 Å². The summed E-state index contributed by atoms with van der Waals surface area (Å²) in [6.45, 7) is 1.86. The summed E-state index contributed by atoms with van der Waals surface area (Å²) in [6, 6.07) is 18.2. The third-order valence-electron chi connectivity index (χ3n) is 4.65. The first kappa shape index (κ1) is 16.6. The van der Waals surface area contributed by atoms with Gasteiger partial charge < -0.3 is 4.98 Å². The number of nitrogens with zero attached hydrogens (tertiary/aromatic N) is 2. The van der Waals surface area contributed by atoms with Crippen LogP contribution >= 0.6 is 11.3 Å². The van der Waals surface area contributed by atoms with Crippen LogP contribution in [0.4, 0.5) is 0 Å². The van der Waals surface area contributed by atoms with E-state index >= 15 is 0 Å². The van der Waals surface area contributed by atoms with Crippen LogP contribution in [0.25, 0.3) is 42.9 Å². The Morgan fingerprint density at radius 1 is 0.821 bits per heavy atom. The molecule has 0 amide bonds. The van der Waals surface area contributed by atoms with Crippen LogP contribution in [0.15, 0.2) is 64.2 Å². The highest BCUT2D eigenvalue weighted by atomic mass is 32.1. The largest absolute Gasteiger partial charge is 0.326 e. The van der Waals surface area contributed by atoms with E-state index in [2.05, 4.69) is 32.1 Å². The lowest BCUT2D eigenvalue weighted by atomic mass is 10.0. The van der Waals surface area contributed by atoms with Gasteiger partial charge >= 0.3 is 5.69 Å². The second-order valence-corrected chi connectivity index (χ2v) is 7.47. The Morgan fingerprint density at radius 3 is 2.25 bits per heavy atom. The summed E-state index contributed by atoms with van der Waals surface area (Å²) < 4.78 is 0.448. The van der Waals surface area contributed by atoms with Gasteiger partial charge in [0.1, 0.15) is 9.53 Å². The van der Waals surface area contributed by atoms with Crippen LogP contribution in [0, 0.1) is 6.92 Å². The van der Waals surface area contributed by atoms with Crippen molar-refractivity contribution in [2.45, 2.75) is 6.92 Å². The van der Waals surface area contributed by atoms with Crippen LogP contribution in [0.3, 0.4) is 0 Å². The number of aryl methyl sites for hydroxylation is 1. The summed E-state index contributed by atoms with van der Waals surface area (Å²) in [5, 5.41) is 0.716. The van der Waals surface area contributed by atoms with Crippen molar-refractivity contribution in [2.24, 2.45) is 0 Å². The minimum absolute atomic E-state index is 0.407. The van der Waals surface area contributed by atoms with Crippen molar-refractivity contribution in [2.75, 3.05) is 0 Å². The van der Waals surface area contributed by atoms with Crippen LogP contribution in [0.5, 0.6) is 0 Å². The highest BCUT2D eigenvalue weighted by Crippen LogP contribution is 2.32. The molecule has 5 aromatic rings. The predicted octanol–water partition coefficient (Wildman–Crippen LogP) is 3.86. The van der Waals surface area contributed by atoms with E-state index in [9.17, 15) is 9.59 Å². The molecule has 0 saturated carbocycles. The maximum Gasteiger partial charge on any atom is 0.326 e. The minimum Gasteiger partial charge on any atom is -0.305 e. The molecule has 0 spiro atoms. The van der Waals surface area contributed by atoms with E-state index in [1.165, 1.54) is 11.3 Å². The quantitative estimate of drug-likeness (QED) is 0.482. The molecule has 3 heterocycles. The van der Waals surface area contributed by atoms with Crippen molar-refractivity contribution in [1.29, 1.82) is 0 Å². The number of hydrogen-bond acceptors (Lipinski definition) is 5. The molecule has 0 saturated heterocycles. The van der Waals surface area contributed by atoms with E-state index in [1.54, 1.807) is 0 Å². The van der Waals surface area contributed by atoms with E-state index in [1.807, 2.05) is 49.4 Å². The molecule has 5 rings (SSSR count). The summed E-state index contributed by atoms with van der Waals surface area (Å²) >= 11 is 1.26. The molecule has 0 aliphatic heterocycles. The van der Waals surface area contributed by atoms with Gasteiger partial charge in [-0.2, -0.15) is 0 Å². The molecule has 0 fully saturated rings. The number of aromatic amines is 2. The van der Waals surface area contributed by atoms with Crippen molar-refractivity contribution in [1.82, 2.24) is 19.9 Å². The van der Waals surface area contributed by atoms with E-state index < -0.39 is 11.2 Å². The molecule has 3 aromatic heterocycles. The number of H-pyrrole nitrogens is 2. The molecule has 7 heteroatoms. The zero-order valence-electron chi connectivity index (χ0n) is 14.8. The summed E-state index contributed by atoms with van der Waals surface area (Å²) in [4.78, 5) is 38.6. The van der Waals surface area contributed by atoms with Crippen molar-refractivity contribution < 1.29 is 0 Å². The normalized spacial score (nSPS) is 11.3. The average molecular weight is 386 g/mol. The molecule has 0 radical (unpaired) electrons. The third kappa shape index (κ3) is 2.64. The van der Waals surface area contributed by atoms with Crippen molar-refractivity contribution in [3.05, 3.63) is 81.1 Å². The maximum absolute atomic E-state index is 12.1. The number of thiophene rings is 1. The molecular weight excluding hydrogens is 372 g/mol. The van der Waals surface area contributed by atoms with Crippen molar-refractivity contribution in [3.8, 4) is 22.5 Å². The van der Waals surface area contributed by atoms with Gasteiger partial charge in [0.15, 0.2) is 5.82 Å². The van der Waals surface area contributed by atoms with Gasteiger partial charge in [0, 0.05) is 5.56 Å². The summed E-state index contributed by atoms with van der Waals surface area (Å²) in [5.41, 5.74) is 3.44. The van der Waals surface area contributed by atoms with Gasteiger partial charge in [-0.25, -0.2) is 14.8 Å². The van der Waals surface area contributed by atoms with Gasteiger partial charge in [0.05, 0.1) is 16.6 Å². The fourth-order valence-corrected chi connectivity index (χ4v) is 4.40. The molecule has 28 heavy (non-hydrogen) atoms. The fourth-order valence-electron chi connectivity index (χ4n) is 3.32. The lowest BCUT2D eigenvalue weighted by Gasteiger charge is -2.05. The van der Waals surface area contributed by atoms with Gasteiger partial charge in [-0.1, -0.05) is 54.6 Å². The van der Waals surface area contributed by atoms with E-state index in [4.69, 9.17) is 0 Å². The summed E-state index contributed by atoms with van der Waals surface area (Å²) in [5.74, 6) is 0.593. The fraction of sp³-hybridized carbons (Fsp3) is 0.0476. The smallest absolute Gasteiger partial charge is 0.305 e. The Kier molecular flexibility index (Phi) is 3.70. The molecule has 0 aliphatic carbocycles. The molecule has 2 aromatic carbocycles. The Hall–Kier alpha value is -3.58. The monoisotopic (exact) mass is 386 g/mol. The first-order valence-electron chi connectivity index (χ1n) is 8.69. The highest BCUT2D eigenvalue weighted by molar-refractivity contribution is 7.25. The number of nitrogens with one attached hydrogen (secondary N) is 2. The first-order valence-corrected chi connectivity index (χ1v) is 9.51. The number of hydrogen-bond donors (Lipinski definition) is 2. The van der Waals surface area contributed by atoms with Crippen molar-refractivity contribution in [3.63, 3.8) is 0 Å². The van der Waals surface area contributed by atoms with Gasteiger partial charge in [-0.15, -0.1) is 11.3 Å². The standard InChI is InChI=1S/C21H14N4O2S/c1-11-15-16-17(19(26)25-21(27)23-16)28-20(15)24-18(22-11)14-9-7-13(8-10-14)12-5-3-2-4-6-12/h2-10H,1H3,(H2,23,25,26,27). The number of fused-ring (bicyclic) bond motifs is 3. The highest BCUT2D eigenvalue weighted by Gasteiger charge is 2.15. The molecule has 0 bridgehead atoms. The van der Waals surface area contributed by atoms with Gasteiger partial charge in [-0.3, -0.25) is 9.78 Å². The van der Waals surface area contributed by atoms with Crippen LogP contribution in [-0.2, 0) is 0 Å². The summed E-state index contributed by atoms with van der Waals surface area (Å²) in [7, 11) is 0.